The molecule has 0 bridgehead atoms. The minimum atomic E-state index is 0.216. The Morgan fingerprint density at radius 2 is 2.11 bits per heavy atom. The van der Waals surface area contributed by atoms with Crippen molar-refractivity contribution >= 4 is 16.7 Å². The van der Waals surface area contributed by atoms with Gasteiger partial charge >= 0.3 is 0 Å². The van der Waals surface area contributed by atoms with Crippen molar-refractivity contribution in [3.63, 3.8) is 0 Å². The van der Waals surface area contributed by atoms with Crippen LogP contribution in [0.2, 0.25) is 0 Å². The Balaban J connectivity index is 2.28. The molecule has 0 aliphatic rings. The van der Waals surface area contributed by atoms with Gasteiger partial charge in [-0.05, 0) is 32.0 Å². The zero-order chi connectivity index (χ0) is 13.1. The molecule has 18 heavy (non-hydrogen) atoms. The van der Waals surface area contributed by atoms with Gasteiger partial charge in [-0.3, -0.25) is 4.79 Å². The fraction of sp³-hybridized carbons (Fsp3) is 0.400. The van der Waals surface area contributed by atoms with Crippen molar-refractivity contribution in [2.75, 3.05) is 7.05 Å². The lowest BCUT2D eigenvalue weighted by Crippen LogP contribution is -2.29. The number of nitrogens with one attached hydrogen (secondary N) is 1. The van der Waals surface area contributed by atoms with E-state index in [2.05, 4.69) is 47.4 Å². The first-order valence-electron chi connectivity index (χ1n) is 6.31. The van der Waals surface area contributed by atoms with Crippen molar-refractivity contribution in [2.24, 2.45) is 7.05 Å². The largest absolute Gasteiger partial charge is 0.350 e. The van der Waals surface area contributed by atoms with E-state index in [-0.39, 0.29) is 11.8 Å². The first-order chi connectivity index (χ1) is 8.61. The molecule has 2 aromatic rings. The van der Waals surface area contributed by atoms with Gasteiger partial charge in [0.05, 0.1) is 0 Å². The zero-order valence-corrected chi connectivity index (χ0v) is 11.2. The summed E-state index contributed by atoms with van der Waals surface area (Å²) in [6.07, 6.45) is 3.63. The van der Waals surface area contributed by atoms with Crippen LogP contribution >= 0.6 is 0 Å². The summed E-state index contributed by atoms with van der Waals surface area (Å²) in [5, 5.41) is 4.51. The molecule has 96 valence electrons. The molecule has 1 heterocycles. The number of carbonyl (C=O) groups excluding carboxylic acids is 1. The number of ketones is 1. The lowest BCUT2D eigenvalue weighted by molar-refractivity contribution is -0.117. The van der Waals surface area contributed by atoms with Crippen LogP contribution in [-0.2, 0) is 18.3 Å². The molecule has 0 saturated carbocycles. The predicted octanol–water partition coefficient (Wildman–Crippen LogP) is 2.29. The zero-order valence-electron chi connectivity index (χ0n) is 11.2. The number of likely N-dealkylation sites (N-methyl/N-ethyl adjacent to an activating group) is 1. The van der Waals surface area contributed by atoms with Crippen LogP contribution in [-0.4, -0.2) is 23.4 Å². The predicted molar refractivity (Wildman–Crippen MR) is 74.8 cm³/mol. The van der Waals surface area contributed by atoms with E-state index < -0.39 is 0 Å². The summed E-state index contributed by atoms with van der Waals surface area (Å²) in [5.74, 6) is 0.231. The van der Waals surface area contributed by atoms with Gasteiger partial charge in [0.25, 0.3) is 0 Å². The number of hydrogen-bond donors (Lipinski definition) is 1. The second-order valence-corrected chi connectivity index (χ2v) is 4.88. The maximum absolute atomic E-state index is 11.2. The summed E-state index contributed by atoms with van der Waals surface area (Å²) >= 11 is 0. The molecule has 1 N–H and O–H groups in total. The average molecular weight is 244 g/mol. The lowest BCUT2D eigenvalue weighted by atomic mass is 10.0. The van der Waals surface area contributed by atoms with E-state index >= 15 is 0 Å². The van der Waals surface area contributed by atoms with Crippen LogP contribution in [0.3, 0.4) is 0 Å². The van der Waals surface area contributed by atoms with E-state index in [1.807, 2.05) is 7.05 Å². The van der Waals surface area contributed by atoms with Crippen molar-refractivity contribution in [1.29, 1.82) is 0 Å². The number of nitrogens with zero attached hydrogens (tertiary/aromatic N) is 1. The second kappa shape index (κ2) is 5.36. The van der Waals surface area contributed by atoms with E-state index in [4.69, 9.17) is 0 Å². The maximum Gasteiger partial charge on any atom is 0.131 e. The highest BCUT2D eigenvalue weighted by molar-refractivity contribution is 5.84. The summed E-state index contributed by atoms with van der Waals surface area (Å²) in [6.45, 7) is 1.65. The number of hydrogen-bond acceptors (Lipinski definition) is 2. The Hall–Kier alpha value is -1.61. The minimum absolute atomic E-state index is 0.216. The molecule has 0 saturated heterocycles. The molecule has 1 aromatic heterocycles. The van der Waals surface area contributed by atoms with Gasteiger partial charge in [-0.25, -0.2) is 0 Å². The van der Waals surface area contributed by atoms with Crippen molar-refractivity contribution in [3.05, 3.63) is 36.0 Å². The van der Waals surface area contributed by atoms with Crippen molar-refractivity contribution in [2.45, 2.75) is 25.8 Å². The van der Waals surface area contributed by atoms with Crippen molar-refractivity contribution in [1.82, 2.24) is 9.88 Å². The molecule has 3 heteroatoms. The van der Waals surface area contributed by atoms with E-state index in [1.54, 1.807) is 6.92 Å². The smallest absolute Gasteiger partial charge is 0.131 e. The summed E-state index contributed by atoms with van der Waals surface area (Å²) in [6, 6.07) is 8.60. The highest BCUT2D eigenvalue weighted by Crippen LogP contribution is 2.22. The van der Waals surface area contributed by atoms with E-state index in [0.717, 1.165) is 6.42 Å². The topological polar surface area (TPSA) is 34.0 Å². The van der Waals surface area contributed by atoms with Crippen LogP contribution in [0.25, 0.3) is 10.9 Å². The third kappa shape index (κ3) is 2.62. The van der Waals surface area contributed by atoms with Crippen LogP contribution in [0, 0.1) is 0 Å². The third-order valence-electron chi connectivity index (χ3n) is 3.39. The molecule has 0 aliphatic heterocycles. The van der Waals surface area contributed by atoms with Crippen LogP contribution in [0.1, 0.15) is 18.9 Å². The molecule has 0 fully saturated rings. The fourth-order valence-electron chi connectivity index (χ4n) is 2.48. The second-order valence-electron chi connectivity index (χ2n) is 4.88. The van der Waals surface area contributed by atoms with Gasteiger partial charge in [0, 0.05) is 36.6 Å². The molecule has 1 atom stereocenters. The molecule has 1 aromatic carbocycles. The molecule has 0 spiro atoms. The lowest BCUT2D eigenvalue weighted by Gasteiger charge is -2.13. The van der Waals surface area contributed by atoms with E-state index in [1.165, 1.54) is 16.5 Å². The fourth-order valence-corrected chi connectivity index (χ4v) is 2.48. The molecule has 0 amide bonds. The Kier molecular flexibility index (Phi) is 3.82. The van der Waals surface area contributed by atoms with Crippen molar-refractivity contribution < 1.29 is 4.79 Å². The number of rotatable bonds is 5. The Bertz CT molecular complexity index is 557. The van der Waals surface area contributed by atoms with Crippen LogP contribution in [0.15, 0.2) is 30.5 Å². The van der Waals surface area contributed by atoms with Gasteiger partial charge in [0.2, 0.25) is 0 Å². The number of fused-ring (bicyclic) bond motifs is 1. The Labute approximate surface area is 108 Å². The maximum atomic E-state index is 11.2. The van der Waals surface area contributed by atoms with Gasteiger partial charge in [0.15, 0.2) is 0 Å². The standard InChI is InChI=1S/C15H20N2O/c1-11(18)8-13(16-2)9-12-10-17(3)15-7-5-4-6-14(12)15/h4-7,10,13,16H,8-9H2,1-3H3/t13-/m1/s1. The van der Waals surface area contributed by atoms with Crippen LogP contribution in [0.4, 0.5) is 0 Å². The SMILES string of the molecule is CN[C@H](CC(C)=O)Cc1cn(C)c2ccccc12. The van der Waals surface area contributed by atoms with Crippen molar-refractivity contribution in [3.8, 4) is 0 Å². The quantitative estimate of drug-likeness (QED) is 0.875. The van der Waals surface area contributed by atoms with Crippen LogP contribution in [0.5, 0.6) is 0 Å². The summed E-state index contributed by atoms with van der Waals surface area (Å²) in [4.78, 5) is 11.2. The van der Waals surface area contributed by atoms with Gasteiger partial charge in [0.1, 0.15) is 5.78 Å². The Morgan fingerprint density at radius 1 is 1.39 bits per heavy atom. The third-order valence-corrected chi connectivity index (χ3v) is 3.39. The van der Waals surface area contributed by atoms with Gasteiger partial charge in [-0.1, -0.05) is 18.2 Å². The first kappa shape index (κ1) is 12.8. The highest BCUT2D eigenvalue weighted by atomic mass is 16.1. The number of carbonyl (C=O) groups is 1. The molecule has 0 unspecified atom stereocenters. The molecule has 0 radical (unpaired) electrons. The van der Waals surface area contributed by atoms with Gasteiger partial charge in [-0.2, -0.15) is 0 Å². The molecular weight excluding hydrogens is 224 g/mol. The Morgan fingerprint density at radius 3 is 2.78 bits per heavy atom. The number of aryl methyl sites for hydroxylation is 1. The molecular formula is C15H20N2O. The summed E-state index contributed by atoms with van der Waals surface area (Å²) < 4.78 is 2.14. The molecule has 2 rings (SSSR count). The van der Waals surface area contributed by atoms with Gasteiger partial charge < -0.3 is 9.88 Å². The highest BCUT2D eigenvalue weighted by Gasteiger charge is 2.13. The van der Waals surface area contributed by atoms with Gasteiger partial charge in [-0.15, -0.1) is 0 Å². The normalized spacial score (nSPS) is 12.8. The monoisotopic (exact) mass is 244 g/mol. The first-order valence-corrected chi connectivity index (χ1v) is 6.31. The minimum Gasteiger partial charge on any atom is -0.350 e. The van der Waals surface area contributed by atoms with E-state index in [9.17, 15) is 4.79 Å². The molecule has 3 nitrogen and oxygen atoms in total. The summed E-state index contributed by atoms with van der Waals surface area (Å²) in [5.41, 5.74) is 2.54. The number of aromatic nitrogens is 1. The molecule has 0 aliphatic carbocycles. The summed E-state index contributed by atoms with van der Waals surface area (Å²) in [7, 11) is 3.98. The number of Topliss-reactive ketones (excluding diaryl/α,β-unsaturated/α-hetero) is 1. The van der Waals surface area contributed by atoms with Crippen LogP contribution < -0.4 is 5.32 Å². The number of para-hydroxylation sites is 1. The number of benzene rings is 1. The average Bonchev–Trinajstić information content (AvgIpc) is 2.66. The van der Waals surface area contributed by atoms with E-state index in [0.29, 0.717) is 6.42 Å².